The minimum atomic E-state index is -0.887. The van der Waals surface area contributed by atoms with Crippen LogP contribution in [0, 0.1) is 0 Å². The molecule has 4 nitrogen and oxygen atoms in total. The molecule has 1 N–H and O–H groups in total. The Morgan fingerprint density at radius 1 is 1.77 bits per heavy atom. The van der Waals surface area contributed by atoms with Crippen LogP contribution in [0.5, 0.6) is 0 Å². The second-order valence-electron chi connectivity index (χ2n) is 3.15. The number of hydrogen-bond acceptors (Lipinski definition) is 3. The van der Waals surface area contributed by atoms with Gasteiger partial charge in [0.15, 0.2) is 0 Å². The highest BCUT2D eigenvalue weighted by Gasteiger charge is 2.20. The van der Waals surface area contributed by atoms with Gasteiger partial charge in [0, 0.05) is 32.8 Å². The summed E-state index contributed by atoms with van der Waals surface area (Å²) in [7, 11) is 1.71. The van der Waals surface area contributed by atoms with Crippen LogP contribution in [0.4, 0.5) is 0 Å². The van der Waals surface area contributed by atoms with E-state index in [9.17, 15) is 4.79 Å². The Morgan fingerprint density at radius 2 is 2.54 bits per heavy atom. The monoisotopic (exact) mass is 185 g/mol. The average Bonchev–Trinajstić information content (AvgIpc) is 2.52. The van der Waals surface area contributed by atoms with Crippen molar-refractivity contribution in [3.05, 3.63) is 12.2 Å². The fourth-order valence-corrected chi connectivity index (χ4v) is 1.46. The molecule has 1 heterocycles. The molecule has 1 atom stereocenters. The third kappa shape index (κ3) is 3.57. The smallest absolute Gasteiger partial charge is 0.328 e. The van der Waals surface area contributed by atoms with Crippen LogP contribution in [0.3, 0.4) is 0 Å². The number of likely N-dealkylation sites (tertiary alicyclic amines) is 1. The number of carbonyl (C=O) groups is 1. The molecule has 0 aromatic rings. The van der Waals surface area contributed by atoms with Gasteiger partial charge < -0.3 is 9.84 Å². The molecule has 0 bridgehead atoms. The van der Waals surface area contributed by atoms with Gasteiger partial charge in [0.25, 0.3) is 0 Å². The van der Waals surface area contributed by atoms with Gasteiger partial charge in [-0.15, -0.1) is 0 Å². The van der Waals surface area contributed by atoms with Crippen LogP contribution in [-0.4, -0.2) is 48.8 Å². The van der Waals surface area contributed by atoms with Crippen LogP contribution < -0.4 is 0 Å². The standard InChI is InChI=1S/C9H15NO3/c1-13-8-4-6-10(7-8)5-2-3-9(11)12/h2-3,8H,4-7H2,1H3,(H,11,12)/b3-2+/t8-/m0/s1. The number of hydrogen-bond donors (Lipinski definition) is 1. The number of nitrogens with zero attached hydrogens (tertiary/aromatic N) is 1. The van der Waals surface area contributed by atoms with E-state index >= 15 is 0 Å². The Morgan fingerprint density at radius 3 is 3.08 bits per heavy atom. The zero-order valence-corrected chi connectivity index (χ0v) is 7.77. The van der Waals surface area contributed by atoms with Crippen LogP contribution in [0.2, 0.25) is 0 Å². The lowest BCUT2D eigenvalue weighted by molar-refractivity contribution is -0.131. The summed E-state index contributed by atoms with van der Waals surface area (Å²) >= 11 is 0. The van der Waals surface area contributed by atoms with E-state index in [0.29, 0.717) is 12.6 Å². The lowest BCUT2D eigenvalue weighted by atomic mass is 10.3. The molecule has 0 radical (unpaired) electrons. The molecule has 1 aliphatic heterocycles. The minimum absolute atomic E-state index is 0.318. The molecule has 1 fully saturated rings. The van der Waals surface area contributed by atoms with E-state index < -0.39 is 5.97 Å². The first kappa shape index (κ1) is 10.2. The van der Waals surface area contributed by atoms with Crippen LogP contribution in [-0.2, 0) is 9.53 Å². The summed E-state index contributed by atoms with van der Waals surface area (Å²) in [6.45, 7) is 2.59. The van der Waals surface area contributed by atoms with Crippen molar-refractivity contribution in [2.75, 3.05) is 26.7 Å². The molecule has 13 heavy (non-hydrogen) atoms. The zero-order valence-electron chi connectivity index (χ0n) is 7.77. The van der Waals surface area contributed by atoms with Crippen LogP contribution >= 0.6 is 0 Å². The van der Waals surface area contributed by atoms with Gasteiger partial charge in [-0.2, -0.15) is 0 Å². The van der Waals surface area contributed by atoms with Gasteiger partial charge in [-0.1, -0.05) is 6.08 Å². The molecular formula is C9H15NO3. The summed E-state index contributed by atoms with van der Waals surface area (Å²) in [6, 6.07) is 0. The van der Waals surface area contributed by atoms with Gasteiger partial charge in [0.2, 0.25) is 0 Å². The van der Waals surface area contributed by atoms with Crippen molar-refractivity contribution in [2.24, 2.45) is 0 Å². The topological polar surface area (TPSA) is 49.8 Å². The van der Waals surface area contributed by atoms with E-state index in [0.717, 1.165) is 19.5 Å². The van der Waals surface area contributed by atoms with Gasteiger partial charge in [-0.3, -0.25) is 4.90 Å². The van der Waals surface area contributed by atoms with E-state index in [1.54, 1.807) is 13.2 Å². The van der Waals surface area contributed by atoms with Crippen molar-refractivity contribution in [1.82, 2.24) is 4.90 Å². The van der Waals surface area contributed by atoms with Crippen LogP contribution in [0.15, 0.2) is 12.2 Å². The highest BCUT2D eigenvalue weighted by atomic mass is 16.5. The van der Waals surface area contributed by atoms with E-state index in [4.69, 9.17) is 9.84 Å². The normalized spacial score (nSPS) is 24.2. The summed E-state index contributed by atoms with van der Waals surface area (Å²) in [6.07, 6.45) is 4.20. The molecule has 74 valence electrons. The average molecular weight is 185 g/mol. The Bertz CT molecular complexity index is 203. The second kappa shape index (κ2) is 4.99. The predicted octanol–water partition coefficient (Wildman–Crippen LogP) is 0.348. The third-order valence-corrected chi connectivity index (χ3v) is 2.19. The largest absolute Gasteiger partial charge is 0.478 e. The Hall–Kier alpha value is -0.870. The first-order chi connectivity index (χ1) is 6.22. The molecule has 0 aliphatic carbocycles. The maximum atomic E-state index is 10.2. The molecule has 0 unspecified atom stereocenters. The molecule has 1 aliphatic rings. The van der Waals surface area contributed by atoms with Crippen molar-refractivity contribution < 1.29 is 14.6 Å². The number of ether oxygens (including phenoxy) is 1. The van der Waals surface area contributed by atoms with E-state index in [1.807, 2.05) is 0 Å². The van der Waals surface area contributed by atoms with Gasteiger partial charge in [-0.05, 0) is 6.42 Å². The number of methoxy groups -OCH3 is 1. The maximum absolute atomic E-state index is 10.2. The molecule has 0 spiro atoms. The fourth-order valence-electron chi connectivity index (χ4n) is 1.46. The zero-order chi connectivity index (χ0) is 9.68. The first-order valence-corrected chi connectivity index (χ1v) is 4.37. The van der Waals surface area contributed by atoms with E-state index in [2.05, 4.69) is 4.90 Å². The Labute approximate surface area is 77.8 Å². The summed E-state index contributed by atoms with van der Waals surface area (Å²) in [4.78, 5) is 12.3. The first-order valence-electron chi connectivity index (χ1n) is 4.37. The van der Waals surface area contributed by atoms with Crippen molar-refractivity contribution in [3.63, 3.8) is 0 Å². The lowest BCUT2D eigenvalue weighted by Gasteiger charge is -2.12. The highest BCUT2D eigenvalue weighted by molar-refractivity contribution is 5.79. The van der Waals surface area contributed by atoms with Gasteiger partial charge >= 0.3 is 5.97 Å². The molecule has 0 aromatic carbocycles. The van der Waals surface area contributed by atoms with Crippen molar-refractivity contribution >= 4 is 5.97 Å². The van der Waals surface area contributed by atoms with Crippen LogP contribution in [0.25, 0.3) is 0 Å². The fraction of sp³-hybridized carbons (Fsp3) is 0.667. The maximum Gasteiger partial charge on any atom is 0.328 e. The number of aliphatic carboxylic acids is 1. The molecule has 0 saturated carbocycles. The number of carboxylic acids is 1. The molecule has 0 aromatic heterocycles. The summed E-state index contributed by atoms with van der Waals surface area (Å²) < 4.78 is 5.19. The highest BCUT2D eigenvalue weighted by Crippen LogP contribution is 2.10. The summed E-state index contributed by atoms with van der Waals surface area (Å²) in [5.74, 6) is -0.887. The predicted molar refractivity (Wildman–Crippen MR) is 48.6 cm³/mol. The van der Waals surface area contributed by atoms with E-state index in [1.165, 1.54) is 6.08 Å². The number of rotatable bonds is 4. The SMILES string of the molecule is CO[C@H]1CCN(C/C=C/C(=O)O)C1. The molecule has 4 heteroatoms. The van der Waals surface area contributed by atoms with Gasteiger partial charge in [-0.25, -0.2) is 4.79 Å². The Balaban J connectivity index is 2.20. The van der Waals surface area contributed by atoms with Crippen molar-refractivity contribution in [1.29, 1.82) is 0 Å². The van der Waals surface area contributed by atoms with Crippen molar-refractivity contribution in [2.45, 2.75) is 12.5 Å². The van der Waals surface area contributed by atoms with Crippen molar-refractivity contribution in [3.8, 4) is 0 Å². The summed E-state index contributed by atoms with van der Waals surface area (Å²) in [5.41, 5.74) is 0. The molecule has 0 amide bonds. The molecule has 1 rings (SSSR count). The molecular weight excluding hydrogens is 170 g/mol. The van der Waals surface area contributed by atoms with Gasteiger partial charge in [0.05, 0.1) is 6.10 Å². The quantitative estimate of drug-likeness (QED) is 0.642. The van der Waals surface area contributed by atoms with E-state index in [-0.39, 0.29) is 0 Å². The van der Waals surface area contributed by atoms with Gasteiger partial charge in [0.1, 0.15) is 0 Å². The lowest BCUT2D eigenvalue weighted by Crippen LogP contribution is -2.22. The molecule has 1 saturated heterocycles. The summed E-state index contributed by atoms with van der Waals surface area (Å²) in [5, 5.41) is 8.36. The van der Waals surface area contributed by atoms with Crippen LogP contribution in [0.1, 0.15) is 6.42 Å². The second-order valence-corrected chi connectivity index (χ2v) is 3.15. The third-order valence-electron chi connectivity index (χ3n) is 2.19. The number of carboxylic acid groups (broad SMARTS) is 1. The minimum Gasteiger partial charge on any atom is -0.478 e. The Kier molecular flexibility index (Phi) is 3.92.